The molecule has 0 aromatic heterocycles. The largest absolute Gasteiger partial charge is 0.430 e. The number of rotatable bonds is 5. The molecule has 31 heavy (non-hydrogen) atoms. The molecule has 1 atom stereocenters. The van der Waals surface area contributed by atoms with E-state index in [2.05, 4.69) is 13.8 Å². The molecule has 0 radical (unpaired) electrons. The van der Waals surface area contributed by atoms with Crippen molar-refractivity contribution in [3.05, 3.63) is 71.3 Å². The highest BCUT2D eigenvalue weighted by atomic mass is 19.4. The molecule has 1 unspecified atom stereocenters. The van der Waals surface area contributed by atoms with Crippen molar-refractivity contribution < 1.29 is 31.1 Å². The van der Waals surface area contributed by atoms with Crippen LogP contribution >= 0.6 is 0 Å². The molecule has 170 valence electrons. The zero-order valence-electron chi connectivity index (χ0n) is 17.7. The maximum atomic E-state index is 14.0. The molecule has 0 aliphatic heterocycles. The summed E-state index contributed by atoms with van der Waals surface area (Å²) in [4.78, 5) is 0. The molecule has 1 aliphatic rings. The van der Waals surface area contributed by atoms with Gasteiger partial charge in [-0.1, -0.05) is 75.4 Å². The first kappa shape index (κ1) is 23.6. The van der Waals surface area contributed by atoms with E-state index in [1.54, 1.807) is 6.07 Å². The second-order valence-corrected chi connectivity index (χ2v) is 9.43. The van der Waals surface area contributed by atoms with Crippen molar-refractivity contribution in [2.24, 2.45) is 5.41 Å². The van der Waals surface area contributed by atoms with E-state index in [1.807, 2.05) is 6.92 Å². The molecule has 0 N–H and O–H groups in total. The van der Waals surface area contributed by atoms with Crippen molar-refractivity contribution in [1.29, 1.82) is 0 Å². The lowest BCUT2D eigenvalue weighted by Gasteiger charge is -2.38. The number of hydrogen-bond acceptors (Lipinski definition) is 1. The van der Waals surface area contributed by atoms with Crippen molar-refractivity contribution in [3.63, 3.8) is 0 Å². The second-order valence-electron chi connectivity index (χ2n) is 9.43. The third kappa shape index (κ3) is 4.47. The molecule has 0 amide bonds. The molecular weight excluding hydrogens is 418 g/mol. The van der Waals surface area contributed by atoms with Gasteiger partial charge in [-0.15, -0.1) is 0 Å². The Kier molecular flexibility index (Phi) is 5.98. The highest BCUT2D eigenvalue weighted by Crippen LogP contribution is 2.54. The van der Waals surface area contributed by atoms with Gasteiger partial charge in [0.1, 0.15) is 0 Å². The summed E-state index contributed by atoms with van der Waals surface area (Å²) in [6.07, 6.45) is -8.80. The first-order valence-electron chi connectivity index (χ1n) is 10.1. The fourth-order valence-electron chi connectivity index (χ4n) is 4.70. The van der Waals surface area contributed by atoms with Gasteiger partial charge in [-0.25, -0.2) is 0 Å². The fourth-order valence-corrected chi connectivity index (χ4v) is 4.70. The summed E-state index contributed by atoms with van der Waals surface area (Å²) in [5.41, 5.74) is -4.63. The highest BCUT2D eigenvalue weighted by molar-refractivity contribution is 5.35. The first-order chi connectivity index (χ1) is 14.2. The van der Waals surface area contributed by atoms with Crippen molar-refractivity contribution in [2.45, 2.75) is 70.0 Å². The normalized spacial score (nSPS) is 22.0. The molecule has 0 spiro atoms. The van der Waals surface area contributed by atoms with Gasteiger partial charge in [0.05, 0.1) is 6.61 Å². The molecule has 1 fully saturated rings. The number of benzene rings is 2. The van der Waals surface area contributed by atoms with Gasteiger partial charge < -0.3 is 4.74 Å². The quantitative estimate of drug-likeness (QED) is 0.430. The molecular formula is C24H26F6O. The zero-order valence-corrected chi connectivity index (χ0v) is 17.7. The fraction of sp³-hybridized carbons (Fsp3) is 0.500. The molecule has 0 heterocycles. The van der Waals surface area contributed by atoms with E-state index < -0.39 is 30.1 Å². The SMILES string of the molecule is CC1(C)CCC(C)(c2ccc(C(OCc3ccccc3)(C(F)(F)F)C(F)(F)F)cc2)C1. The lowest BCUT2D eigenvalue weighted by molar-refractivity contribution is -0.392. The van der Waals surface area contributed by atoms with Crippen LogP contribution in [0.4, 0.5) is 26.3 Å². The van der Waals surface area contributed by atoms with Crippen LogP contribution in [0.3, 0.4) is 0 Å². The van der Waals surface area contributed by atoms with Crippen LogP contribution in [-0.4, -0.2) is 12.4 Å². The third-order valence-electron chi connectivity index (χ3n) is 6.31. The Hall–Kier alpha value is -2.02. The Morgan fingerprint density at radius 2 is 1.32 bits per heavy atom. The van der Waals surface area contributed by atoms with Gasteiger partial charge in [-0.2, -0.15) is 26.3 Å². The van der Waals surface area contributed by atoms with Gasteiger partial charge in [0, 0.05) is 5.56 Å². The minimum absolute atomic E-state index is 0.0773. The second kappa shape index (κ2) is 7.84. The number of ether oxygens (including phenoxy) is 1. The Bertz CT molecular complexity index is 869. The van der Waals surface area contributed by atoms with Gasteiger partial charge in [0.2, 0.25) is 0 Å². The van der Waals surface area contributed by atoms with Crippen molar-refractivity contribution in [3.8, 4) is 0 Å². The minimum Gasteiger partial charge on any atom is -0.349 e. The maximum absolute atomic E-state index is 14.0. The predicted octanol–water partition coefficient (Wildman–Crippen LogP) is 7.69. The van der Waals surface area contributed by atoms with Gasteiger partial charge in [0.25, 0.3) is 5.60 Å². The van der Waals surface area contributed by atoms with Crippen LogP contribution in [0.15, 0.2) is 54.6 Å². The van der Waals surface area contributed by atoms with Gasteiger partial charge >= 0.3 is 12.4 Å². The standard InChI is InChI=1S/C24H26F6O/c1-20(2)13-14-21(3,16-20)18-9-11-19(12-10-18)22(23(25,26)27,24(28,29)30)31-15-17-7-5-4-6-8-17/h4-12H,13-16H2,1-3H3. The van der Waals surface area contributed by atoms with Crippen LogP contribution in [0, 0.1) is 5.41 Å². The summed E-state index contributed by atoms with van der Waals surface area (Å²) in [6, 6.07) is 12.1. The summed E-state index contributed by atoms with van der Waals surface area (Å²) >= 11 is 0. The topological polar surface area (TPSA) is 9.23 Å². The highest BCUT2D eigenvalue weighted by Gasteiger charge is 2.73. The smallest absolute Gasteiger partial charge is 0.349 e. The van der Waals surface area contributed by atoms with Crippen molar-refractivity contribution in [2.75, 3.05) is 0 Å². The Labute approximate surface area is 178 Å². The van der Waals surface area contributed by atoms with E-state index in [4.69, 9.17) is 4.74 Å². The van der Waals surface area contributed by atoms with E-state index >= 15 is 0 Å². The van der Waals surface area contributed by atoms with E-state index in [9.17, 15) is 26.3 Å². The van der Waals surface area contributed by atoms with Crippen LogP contribution in [0.25, 0.3) is 0 Å². The molecule has 7 heteroatoms. The van der Waals surface area contributed by atoms with Crippen molar-refractivity contribution in [1.82, 2.24) is 0 Å². The van der Waals surface area contributed by atoms with Crippen LogP contribution in [-0.2, 0) is 22.4 Å². The molecule has 1 aliphatic carbocycles. The summed E-state index contributed by atoms with van der Waals surface area (Å²) < 4.78 is 88.7. The third-order valence-corrected chi connectivity index (χ3v) is 6.31. The first-order valence-corrected chi connectivity index (χ1v) is 10.1. The summed E-state index contributed by atoms with van der Waals surface area (Å²) in [5.74, 6) is 0. The van der Waals surface area contributed by atoms with Crippen LogP contribution in [0.1, 0.15) is 56.7 Å². The van der Waals surface area contributed by atoms with Gasteiger partial charge in [-0.05, 0) is 41.2 Å². The zero-order chi connectivity index (χ0) is 23.1. The van der Waals surface area contributed by atoms with E-state index in [0.29, 0.717) is 0 Å². The molecule has 3 rings (SSSR count). The number of alkyl halides is 6. The number of hydrogen-bond donors (Lipinski definition) is 0. The molecule has 2 aromatic rings. The average Bonchev–Trinajstić information content (AvgIpc) is 2.95. The van der Waals surface area contributed by atoms with E-state index in [0.717, 1.165) is 37.0 Å². The van der Waals surface area contributed by atoms with Crippen LogP contribution in [0.2, 0.25) is 0 Å². The lowest BCUT2D eigenvalue weighted by Crippen LogP contribution is -2.55. The molecule has 0 saturated heterocycles. The number of halogens is 6. The summed E-state index contributed by atoms with van der Waals surface area (Å²) in [5, 5.41) is 0. The Morgan fingerprint density at radius 1 is 0.774 bits per heavy atom. The van der Waals surface area contributed by atoms with E-state index in [-0.39, 0.29) is 16.4 Å². The monoisotopic (exact) mass is 444 g/mol. The molecule has 0 bridgehead atoms. The Balaban J connectivity index is 2.01. The van der Waals surface area contributed by atoms with Crippen LogP contribution in [0.5, 0.6) is 0 Å². The molecule has 1 nitrogen and oxygen atoms in total. The summed E-state index contributed by atoms with van der Waals surface area (Å²) in [7, 11) is 0. The van der Waals surface area contributed by atoms with Crippen molar-refractivity contribution >= 4 is 0 Å². The predicted molar refractivity (Wildman–Crippen MR) is 106 cm³/mol. The van der Waals surface area contributed by atoms with E-state index in [1.165, 1.54) is 36.4 Å². The van der Waals surface area contributed by atoms with Gasteiger partial charge in [0.15, 0.2) is 0 Å². The average molecular weight is 444 g/mol. The molecule has 2 aromatic carbocycles. The summed E-state index contributed by atoms with van der Waals surface area (Å²) in [6.45, 7) is 5.40. The molecule has 1 saturated carbocycles. The van der Waals surface area contributed by atoms with Gasteiger partial charge in [-0.3, -0.25) is 0 Å². The lowest BCUT2D eigenvalue weighted by atomic mass is 9.77. The minimum atomic E-state index is -5.69. The Morgan fingerprint density at radius 3 is 1.77 bits per heavy atom. The van der Waals surface area contributed by atoms with Crippen LogP contribution < -0.4 is 0 Å². The maximum Gasteiger partial charge on any atom is 0.430 e.